The van der Waals surface area contributed by atoms with Crippen molar-refractivity contribution in [3.05, 3.63) is 39.1 Å². The summed E-state index contributed by atoms with van der Waals surface area (Å²) in [7, 11) is 0. The van der Waals surface area contributed by atoms with E-state index in [0.717, 1.165) is 15.4 Å². The summed E-state index contributed by atoms with van der Waals surface area (Å²) in [4.78, 5) is 13.8. The highest BCUT2D eigenvalue weighted by Gasteiger charge is 1.98. The molecule has 0 bridgehead atoms. The van der Waals surface area contributed by atoms with Gasteiger partial charge in [0.15, 0.2) is 0 Å². The minimum Gasteiger partial charge on any atom is -0.394 e. The molecule has 0 aliphatic carbocycles. The Balaban J connectivity index is 2.89. The van der Waals surface area contributed by atoms with E-state index in [9.17, 15) is 4.79 Å². The molecule has 0 saturated carbocycles. The fraction of sp³-hybridized carbons (Fsp3) is 0. The molecule has 2 rings (SSSR count). The Kier molecular flexibility index (Phi) is 1.84. The van der Waals surface area contributed by atoms with E-state index >= 15 is 0 Å². The number of pyridine rings is 1. The third-order valence-corrected chi connectivity index (χ3v) is 2.33. The van der Waals surface area contributed by atoms with E-state index in [1.807, 2.05) is 18.2 Å². The van der Waals surface area contributed by atoms with Gasteiger partial charge in [-0.25, -0.2) is 0 Å². The van der Waals surface area contributed by atoms with Crippen molar-refractivity contribution in [1.29, 1.82) is 0 Å². The number of hydrogen-bond donors (Lipinski definition) is 2. The number of aromatic nitrogens is 1. The smallest absolute Gasteiger partial charge is 0.271 e. The lowest BCUT2D eigenvalue weighted by Crippen LogP contribution is -2.10. The maximum Gasteiger partial charge on any atom is 0.271 e. The monoisotopic (exact) mass is 238 g/mol. The average Bonchev–Trinajstić information content (AvgIpc) is 2.08. The number of rotatable bonds is 0. The number of nitrogens with one attached hydrogen (secondary N) is 1. The number of aromatic amines is 1. The third kappa shape index (κ3) is 1.45. The number of halogens is 1. The van der Waals surface area contributed by atoms with Gasteiger partial charge in [-0.05, 0) is 24.3 Å². The molecule has 0 spiro atoms. The first-order valence-electron chi connectivity index (χ1n) is 3.75. The van der Waals surface area contributed by atoms with Crippen LogP contribution in [0.3, 0.4) is 0 Å². The number of nitrogen functional groups attached to an aromatic ring is 1. The van der Waals surface area contributed by atoms with Gasteiger partial charge >= 0.3 is 0 Å². The Hall–Kier alpha value is -1.29. The summed E-state index contributed by atoms with van der Waals surface area (Å²) >= 11 is 3.34. The van der Waals surface area contributed by atoms with E-state index in [-0.39, 0.29) is 11.2 Å². The largest absolute Gasteiger partial charge is 0.394 e. The average molecular weight is 239 g/mol. The highest BCUT2D eigenvalue weighted by molar-refractivity contribution is 9.10. The van der Waals surface area contributed by atoms with Gasteiger partial charge in [-0.3, -0.25) is 4.79 Å². The minimum absolute atomic E-state index is 0.241. The van der Waals surface area contributed by atoms with Gasteiger partial charge in [0.2, 0.25) is 0 Å². The molecule has 13 heavy (non-hydrogen) atoms. The van der Waals surface area contributed by atoms with E-state index in [4.69, 9.17) is 5.73 Å². The molecule has 0 saturated heterocycles. The molecule has 0 atom stereocenters. The van der Waals surface area contributed by atoms with Gasteiger partial charge in [-0.2, -0.15) is 0 Å². The van der Waals surface area contributed by atoms with Crippen LogP contribution < -0.4 is 11.3 Å². The summed E-state index contributed by atoms with van der Waals surface area (Å²) in [6, 6.07) is 7.27. The van der Waals surface area contributed by atoms with Crippen LogP contribution in [-0.2, 0) is 0 Å². The fourth-order valence-corrected chi connectivity index (χ4v) is 1.57. The van der Waals surface area contributed by atoms with E-state index in [1.165, 1.54) is 0 Å². The van der Waals surface area contributed by atoms with Gasteiger partial charge in [0, 0.05) is 15.4 Å². The predicted molar refractivity (Wildman–Crippen MR) is 56.7 cm³/mol. The first-order chi connectivity index (χ1) is 6.16. The van der Waals surface area contributed by atoms with Crippen LogP contribution in [0.2, 0.25) is 0 Å². The normalized spacial score (nSPS) is 10.5. The molecule has 3 nitrogen and oxygen atoms in total. The number of benzene rings is 1. The van der Waals surface area contributed by atoms with Crippen LogP contribution in [0.25, 0.3) is 10.9 Å². The minimum atomic E-state index is -0.241. The highest BCUT2D eigenvalue weighted by atomic mass is 79.9. The van der Waals surface area contributed by atoms with E-state index in [2.05, 4.69) is 20.9 Å². The summed E-state index contributed by atoms with van der Waals surface area (Å²) in [5.41, 5.74) is 6.27. The van der Waals surface area contributed by atoms with Crippen molar-refractivity contribution in [3.8, 4) is 0 Å². The summed E-state index contributed by atoms with van der Waals surface area (Å²) in [5, 5.41) is 0.923. The molecule has 0 amide bonds. The molecule has 2 aromatic rings. The maximum atomic E-state index is 11.1. The molecule has 0 unspecified atom stereocenters. The number of fused-ring (bicyclic) bond motifs is 1. The highest BCUT2D eigenvalue weighted by Crippen LogP contribution is 2.17. The van der Waals surface area contributed by atoms with E-state index in [0.29, 0.717) is 0 Å². The van der Waals surface area contributed by atoms with Crippen LogP contribution in [0.15, 0.2) is 33.5 Å². The molecule has 1 aromatic heterocycles. The molecular formula is C9H7BrN2O. The molecule has 1 aromatic carbocycles. The summed E-state index contributed by atoms with van der Waals surface area (Å²) in [6.45, 7) is 0. The van der Waals surface area contributed by atoms with Gasteiger partial charge in [0.1, 0.15) is 0 Å². The van der Waals surface area contributed by atoms with Crippen molar-refractivity contribution in [3.63, 3.8) is 0 Å². The van der Waals surface area contributed by atoms with Gasteiger partial charge in [0.25, 0.3) is 5.56 Å². The molecule has 0 aliphatic heterocycles. The summed E-state index contributed by atoms with van der Waals surface area (Å²) in [5.74, 6) is 0. The van der Waals surface area contributed by atoms with Crippen molar-refractivity contribution in [2.24, 2.45) is 0 Å². The number of hydrogen-bond acceptors (Lipinski definition) is 2. The van der Waals surface area contributed by atoms with Crippen molar-refractivity contribution >= 4 is 32.5 Å². The number of anilines is 1. The molecule has 3 N–H and O–H groups in total. The van der Waals surface area contributed by atoms with Crippen LogP contribution in [0.4, 0.5) is 5.69 Å². The van der Waals surface area contributed by atoms with Crippen LogP contribution >= 0.6 is 15.9 Å². The molecular weight excluding hydrogens is 232 g/mol. The Morgan fingerprint density at radius 3 is 2.85 bits per heavy atom. The number of nitrogens with two attached hydrogens (primary N) is 1. The molecule has 4 heteroatoms. The quantitative estimate of drug-likeness (QED) is 0.737. The van der Waals surface area contributed by atoms with Crippen molar-refractivity contribution in [1.82, 2.24) is 4.98 Å². The summed E-state index contributed by atoms with van der Waals surface area (Å²) in [6.07, 6.45) is 0. The topological polar surface area (TPSA) is 58.9 Å². The summed E-state index contributed by atoms with van der Waals surface area (Å²) < 4.78 is 0.964. The van der Waals surface area contributed by atoms with Gasteiger partial charge in [-0.15, -0.1) is 0 Å². The SMILES string of the molecule is Nc1cc2cc(Br)ccc2[nH]c1=O. The maximum absolute atomic E-state index is 11.1. The van der Waals surface area contributed by atoms with E-state index < -0.39 is 0 Å². The van der Waals surface area contributed by atoms with E-state index in [1.54, 1.807) is 6.07 Å². The standard InChI is InChI=1S/C9H7BrN2O/c10-6-1-2-8-5(3-6)4-7(11)9(13)12-8/h1-4H,11H2,(H,12,13). The molecule has 66 valence electrons. The second-order valence-electron chi connectivity index (χ2n) is 2.79. The van der Waals surface area contributed by atoms with Crippen molar-refractivity contribution < 1.29 is 0 Å². The third-order valence-electron chi connectivity index (χ3n) is 1.84. The lowest BCUT2D eigenvalue weighted by molar-refractivity contribution is 1.31. The fourth-order valence-electron chi connectivity index (χ4n) is 1.19. The van der Waals surface area contributed by atoms with Crippen molar-refractivity contribution in [2.45, 2.75) is 0 Å². The predicted octanol–water partition coefficient (Wildman–Crippen LogP) is 1.87. The van der Waals surface area contributed by atoms with Crippen LogP contribution in [0, 0.1) is 0 Å². The van der Waals surface area contributed by atoms with Gasteiger partial charge < -0.3 is 10.7 Å². The Morgan fingerprint density at radius 2 is 2.08 bits per heavy atom. The van der Waals surface area contributed by atoms with Crippen molar-refractivity contribution in [2.75, 3.05) is 5.73 Å². The van der Waals surface area contributed by atoms with Gasteiger partial charge in [0.05, 0.1) is 5.69 Å². The first-order valence-corrected chi connectivity index (χ1v) is 4.54. The second-order valence-corrected chi connectivity index (χ2v) is 3.70. The van der Waals surface area contributed by atoms with Crippen LogP contribution in [0.5, 0.6) is 0 Å². The lowest BCUT2D eigenvalue weighted by atomic mass is 10.2. The number of H-pyrrole nitrogens is 1. The Morgan fingerprint density at radius 1 is 1.31 bits per heavy atom. The van der Waals surface area contributed by atoms with Gasteiger partial charge in [-0.1, -0.05) is 15.9 Å². The zero-order valence-electron chi connectivity index (χ0n) is 6.67. The Bertz CT molecular complexity index is 518. The zero-order chi connectivity index (χ0) is 9.42. The Labute approximate surface area is 82.7 Å². The molecule has 1 heterocycles. The lowest BCUT2D eigenvalue weighted by Gasteiger charge is -1.99. The molecule has 0 aliphatic rings. The molecule has 0 radical (unpaired) electrons. The second kappa shape index (κ2) is 2.88. The first kappa shape index (κ1) is 8.31. The van der Waals surface area contributed by atoms with Crippen LogP contribution in [0.1, 0.15) is 0 Å². The molecule has 0 fully saturated rings. The van der Waals surface area contributed by atoms with Crippen LogP contribution in [-0.4, -0.2) is 4.98 Å². The zero-order valence-corrected chi connectivity index (χ0v) is 8.26.